The highest BCUT2D eigenvalue weighted by Gasteiger charge is 2.22. The number of amides is 1. The van der Waals surface area contributed by atoms with Gasteiger partial charge in [-0.15, -0.1) is 12.4 Å². The number of nitrogens with two attached hydrogens (primary N) is 1. The molecule has 0 radical (unpaired) electrons. The summed E-state index contributed by atoms with van der Waals surface area (Å²) in [6.45, 7) is 6.92. The molecule has 1 unspecified atom stereocenters. The van der Waals surface area contributed by atoms with E-state index in [1.807, 2.05) is 26.8 Å². The Hall–Kier alpha value is -0.480. The van der Waals surface area contributed by atoms with Gasteiger partial charge in [0.15, 0.2) is 0 Å². The van der Waals surface area contributed by atoms with Crippen molar-refractivity contribution in [1.29, 1.82) is 0 Å². The highest BCUT2D eigenvalue weighted by molar-refractivity contribution is 6.42. The monoisotopic (exact) mass is 338 g/mol. The molecule has 0 aromatic heterocycles. The van der Waals surface area contributed by atoms with Gasteiger partial charge in [-0.3, -0.25) is 4.79 Å². The van der Waals surface area contributed by atoms with Gasteiger partial charge in [-0.25, -0.2) is 0 Å². The van der Waals surface area contributed by atoms with Crippen molar-refractivity contribution in [2.75, 3.05) is 6.54 Å². The van der Waals surface area contributed by atoms with Gasteiger partial charge in [0, 0.05) is 13.1 Å². The molecule has 0 heterocycles. The summed E-state index contributed by atoms with van der Waals surface area (Å²) in [7, 11) is 0. The standard InChI is InChI=1S/C14H20Cl2N2O.ClH/c1-4-18(14(19)13(17)9(2)3)8-10-5-6-11(15)12(16)7-10;/h5-7,9,13H,4,8,17H2,1-3H3;1H. The summed E-state index contributed by atoms with van der Waals surface area (Å²) in [5.74, 6) is 0.0823. The normalized spacial score (nSPS) is 11.9. The number of benzene rings is 1. The van der Waals surface area contributed by atoms with Crippen LogP contribution < -0.4 is 5.73 Å². The van der Waals surface area contributed by atoms with Crippen molar-refractivity contribution in [3.05, 3.63) is 33.8 Å². The average molecular weight is 340 g/mol. The van der Waals surface area contributed by atoms with Crippen LogP contribution in [-0.4, -0.2) is 23.4 Å². The van der Waals surface area contributed by atoms with Crippen LogP contribution in [0.1, 0.15) is 26.3 Å². The van der Waals surface area contributed by atoms with Crippen LogP contribution in [0.2, 0.25) is 10.0 Å². The fourth-order valence-electron chi connectivity index (χ4n) is 1.70. The predicted octanol–water partition coefficient (Wildman–Crippen LogP) is 3.75. The van der Waals surface area contributed by atoms with Crippen molar-refractivity contribution in [2.24, 2.45) is 11.7 Å². The Morgan fingerprint density at radius 1 is 1.30 bits per heavy atom. The summed E-state index contributed by atoms with van der Waals surface area (Å²) in [6.07, 6.45) is 0. The summed E-state index contributed by atoms with van der Waals surface area (Å²) in [5.41, 5.74) is 6.85. The summed E-state index contributed by atoms with van der Waals surface area (Å²) in [6, 6.07) is 4.91. The first-order chi connectivity index (χ1) is 8.86. The highest BCUT2D eigenvalue weighted by Crippen LogP contribution is 2.23. The smallest absolute Gasteiger partial charge is 0.240 e. The summed E-state index contributed by atoms with van der Waals surface area (Å²) >= 11 is 11.8. The van der Waals surface area contributed by atoms with Crippen LogP contribution in [0, 0.1) is 5.92 Å². The second-order valence-corrected chi connectivity index (χ2v) is 5.69. The molecule has 114 valence electrons. The summed E-state index contributed by atoms with van der Waals surface area (Å²) < 4.78 is 0. The van der Waals surface area contributed by atoms with Gasteiger partial charge in [0.1, 0.15) is 0 Å². The van der Waals surface area contributed by atoms with Crippen molar-refractivity contribution in [3.63, 3.8) is 0 Å². The molecule has 1 rings (SSSR count). The van der Waals surface area contributed by atoms with Gasteiger partial charge < -0.3 is 10.6 Å². The quantitative estimate of drug-likeness (QED) is 0.888. The third-order valence-corrected chi connectivity index (χ3v) is 3.79. The SMILES string of the molecule is CCN(Cc1ccc(Cl)c(Cl)c1)C(=O)C(N)C(C)C.Cl. The van der Waals surface area contributed by atoms with Gasteiger partial charge in [-0.1, -0.05) is 43.1 Å². The van der Waals surface area contributed by atoms with Crippen LogP contribution in [0.15, 0.2) is 18.2 Å². The number of hydrogen-bond acceptors (Lipinski definition) is 2. The van der Waals surface area contributed by atoms with E-state index in [4.69, 9.17) is 28.9 Å². The molecule has 0 aliphatic rings. The minimum absolute atomic E-state index is 0. The van der Waals surface area contributed by atoms with Crippen LogP contribution in [-0.2, 0) is 11.3 Å². The van der Waals surface area contributed by atoms with E-state index in [9.17, 15) is 4.79 Å². The number of hydrogen-bond donors (Lipinski definition) is 1. The first kappa shape index (κ1) is 19.5. The first-order valence-corrected chi connectivity index (χ1v) is 7.10. The minimum Gasteiger partial charge on any atom is -0.337 e. The van der Waals surface area contributed by atoms with Crippen molar-refractivity contribution in [1.82, 2.24) is 4.90 Å². The molecule has 0 aliphatic heterocycles. The highest BCUT2D eigenvalue weighted by atomic mass is 35.5. The number of carbonyl (C=O) groups excluding carboxylic acids is 1. The Morgan fingerprint density at radius 2 is 1.90 bits per heavy atom. The van der Waals surface area contributed by atoms with E-state index in [0.29, 0.717) is 23.1 Å². The molecule has 3 nitrogen and oxygen atoms in total. The van der Waals surface area contributed by atoms with Gasteiger partial charge in [0.2, 0.25) is 5.91 Å². The summed E-state index contributed by atoms with van der Waals surface area (Å²) in [5, 5.41) is 1.01. The van der Waals surface area contributed by atoms with Crippen molar-refractivity contribution >= 4 is 41.5 Å². The lowest BCUT2D eigenvalue weighted by molar-refractivity contribution is -0.134. The van der Waals surface area contributed by atoms with Gasteiger partial charge in [0.25, 0.3) is 0 Å². The second kappa shape index (κ2) is 8.73. The van der Waals surface area contributed by atoms with Gasteiger partial charge in [-0.2, -0.15) is 0 Å². The molecule has 1 aromatic rings. The van der Waals surface area contributed by atoms with Crippen molar-refractivity contribution in [3.8, 4) is 0 Å². The fraction of sp³-hybridized carbons (Fsp3) is 0.500. The Labute approximate surface area is 136 Å². The van der Waals surface area contributed by atoms with E-state index >= 15 is 0 Å². The van der Waals surface area contributed by atoms with Gasteiger partial charge >= 0.3 is 0 Å². The van der Waals surface area contributed by atoms with E-state index in [1.54, 1.807) is 17.0 Å². The topological polar surface area (TPSA) is 46.3 Å². The lowest BCUT2D eigenvalue weighted by atomic mass is 10.0. The molecule has 0 spiro atoms. The molecule has 20 heavy (non-hydrogen) atoms. The zero-order valence-electron chi connectivity index (χ0n) is 11.9. The van der Waals surface area contributed by atoms with Crippen LogP contribution in [0.4, 0.5) is 0 Å². The molecule has 0 aliphatic carbocycles. The van der Waals surface area contributed by atoms with Gasteiger partial charge in [0.05, 0.1) is 16.1 Å². The third kappa shape index (κ3) is 5.13. The maximum atomic E-state index is 12.2. The lowest BCUT2D eigenvalue weighted by Gasteiger charge is -2.26. The van der Waals surface area contributed by atoms with Gasteiger partial charge in [-0.05, 0) is 30.5 Å². The van der Waals surface area contributed by atoms with Crippen molar-refractivity contribution < 1.29 is 4.79 Å². The molecule has 1 amide bonds. The van der Waals surface area contributed by atoms with Crippen LogP contribution in [0.5, 0.6) is 0 Å². The van der Waals surface area contributed by atoms with Crippen LogP contribution in [0.25, 0.3) is 0 Å². The maximum absolute atomic E-state index is 12.2. The molecule has 0 saturated heterocycles. The van der Waals surface area contributed by atoms with E-state index in [-0.39, 0.29) is 24.2 Å². The lowest BCUT2D eigenvalue weighted by Crippen LogP contribution is -2.46. The average Bonchev–Trinajstić information content (AvgIpc) is 2.38. The molecule has 1 aromatic carbocycles. The number of likely N-dealkylation sites (N-methyl/N-ethyl adjacent to an activating group) is 1. The Morgan fingerprint density at radius 3 is 2.35 bits per heavy atom. The number of halogens is 3. The second-order valence-electron chi connectivity index (χ2n) is 4.87. The Kier molecular flexibility index (Phi) is 8.52. The summed E-state index contributed by atoms with van der Waals surface area (Å²) in [4.78, 5) is 13.9. The fourth-order valence-corrected chi connectivity index (χ4v) is 2.02. The molecule has 2 N–H and O–H groups in total. The number of rotatable bonds is 5. The predicted molar refractivity (Wildman–Crippen MR) is 87.6 cm³/mol. The molecule has 1 atom stereocenters. The van der Waals surface area contributed by atoms with E-state index in [2.05, 4.69) is 0 Å². The molecule has 6 heteroatoms. The zero-order chi connectivity index (χ0) is 14.6. The molecular formula is C14H21Cl3N2O. The maximum Gasteiger partial charge on any atom is 0.240 e. The molecule has 0 fully saturated rings. The Bertz CT molecular complexity index is 452. The minimum atomic E-state index is -0.470. The first-order valence-electron chi connectivity index (χ1n) is 6.35. The number of nitrogens with zero attached hydrogens (tertiary/aromatic N) is 1. The van der Waals surface area contributed by atoms with Crippen molar-refractivity contribution in [2.45, 2.75) is 33.4 Å². The Balaban J connectivity index is 0.00000361. The van der Waals surface area contributed by atoms with E-state index < -0.39 is 6.04 Å². The molecule has 0 bridgehead atoms. The van der Waals surface area contributed by atoms with E-state index in [0.717, 1.165) is 5.56 Å². The van der Waals surface area contributed by atoms with Crippen LogP contribution in [0.3, 0.4) is 0 Å². The van der Waals surface area contributed by atoms with Crippen LogP contribution >= 0.6 is 35.6 Å². The van der Waals surface area contributed by atoms with E-state index in [1.165, 1.54) is 0 Å². The molecule has 0 saturated carbocycles. The zero-order valence-corrected chi connectivity index (χ0v) is 14.2. The third-order valence-electron chi connectivity index (χ3n) is 3.05. The number of carbonyl (C=O) groups is 1. The largest absolute Gasteiger partial charge is 0.337 e. The molecular weight excluding hydrogens is 319 g/mol.